The lowest BCUT2D eigenvalue weighted by molar-refractivity contribution is 0.144. The molecule has 130 valence electrons. The van der Waals surface area contributed by atoms with E-state index in [1.165, 1.54) is 5.56 Å². The summed E-state index contributed by atoms with van der Waals surface area (Å²) in [4.78, 5) is 0. The first-order valence-corrected chi connectivity index (χ1v) is 9.97. The molecule has 1 saturated heterocycles. The number of aliphatic hydroxyl groups excluding tert-OH is 1. The van der Waals surface area contributed by atoms with Gasteiger partial charge in [-0.15, -0.1) is 0 Å². The van der Waals surface area contributed by atoms with Crippen molar-refractivity contribution in [3.05, 3.63) is 35.9 Å². The molecule has 0 saturated carbocycles. The van der Waals surface area contributed by atoms with E-state index in [0.717, 1.165) is 6.42 Å². The van der Waals surface area contributed by atoms with Gasteiger partial charge in [-0.3, -0.25) is 0 Å². The minimum absolute atomic E-state index is 0.00576. The number of hydrogen-bond acceptors (Lipinski definition) is 3. The van der Waals surface area contributed by atoms with Crippen LogP contribution in [0.2, 0.25) is 0 Å². The fourth-order valence-electron chi connectivity index (χ4n) is 3.14. The molecule has 2 atom stereocenters. The van der Waals surface area contributed by atoms with Gasteiger partial charge in [-0.05, 0) is 29.7 Å². The molecule has 0 aromatic heterocycles. The molecule has 1 N–H and O–H groups in total. The van der Waals surface area contributed by atoms with Crippen molar-refractivity contribution in [2.75, 3.05) is 25.4 Å². The Labute approximate surface area is 140 Å². The van der Waals surface area contributed by atoms with E-state index in [1.807, 2.05) is 18.2 Å². The monoisotopic (exact) mass is 339 g/mol. The van der Waals surface area contributed by atoms with Gasteiger partial charge in [0.25, 0.3) is 0 Å². The van der Waals surface area contributed by atoms with Gasteiger partial charge < -0.3 is 5.11 Å². The highest BCUT2D eigenvalue weighted by atomic mass is 32.2. The third-order valence-corrected chi connectivity index (χ3v) is 6.50. The zero-order chi connectivity index (χ0) is 17.1. The van der Waals surface area contributed by atoms with Crippen molar-refractivity contribution < 1.29 is 13.5 Å². The number of piperidine rings is 1. The predicted octanol–water partition coefficient (Wildman–Crippen LogP) is 2.85. The van der Waals surface area contributed by atoms with Crippen molar-refractivity contribution in [3.8, 4) is 0 Å². The SMILES string of the molecule is CC(C)(C)CCS(=O)(=O)N1CC[C@@H](c2ccccc2)[C@@H](CO)C1. The molecular formula is C18H29NO3S. The van der Waals surface area contributed by atoms with Crippen molar-refractivity contribution in [1.82, 2.24) is 4.31 Å². The Morgan fingerprint density at radius 2 is 1.87 bits per heavy atom. The molecule has 5 heteroatoms. The first-order valence-electron chi connectivity index (χ1n) is 8.36. The Kier molecular flexibility index (Phi) is 5.87. The molecule has 0 unspecified atom stereocenters. The molecular weight excluding hydrogens is 310 g/mol. The highest BCUT2D eigenvalue weighted by Gasteiger charge is 2.35. The lowest BCUT2D eigenvalue weighted by Gasteiger charge is -2.37. The molecule has 1 heterocycles. The zero-order valence-corrected chi connectivity index (χ0v) is 15.2. The van der Waals surface area contributed by atoms with Gasteiger partial charge >= 0.3 is 0 Å². The predicted molar refractivity (Wildman–Crippen MR) is 93.8 cm³/mol. The Hall–Kier alpha value is -0.910. The Morgan fingerprint density at radius 1 is 1.22 bits per heavy atom. The minimum atomic E-state index is -3.24. The van der Waals surface area contributed by atoms with Crippen LogP contribution in [0, 0.1) is 11.3 Å². The van der Waals surface area contributed by atoms with Crippen LogP contribution in [0.1, 0.15) is 45.1 Å². The summed E-state index contributed by atoms with van der Waals surface area (Å²) in [6, 6.07) is 10.1. The number of rotatable bonds is 5. The van der Waals surface area contributed by atoms with Crippen LogP contribution in [0.4, 0.5) is 0 Å². The van der Waals surface area contributed by atoms with Gasteiger partial charge in [0, 0.05) is 25.6 Å². The van der Waals surface area contributed by atoms with Gasteiger partial charge in [0.2, 0.25) is 10.0 Å². The van der Waals surface area contributed by atoms with Gasteiger partial charge in [-0.1, -0.05) is 51.1 Å². The second-order valence-corrected chi connectivity index (χ2v) is 9.82. The molecule has 1 aliphatic rings. The summed E-state index contributed by atoms with van der Waals surface area (Å²) in [6.07, 6.45) is 1.42. The summed E-state index contributed by atoms with van der Waals surface area (Å²) >= 11 is 0. The third kappa shape index (κ3) is 5.03. The fraction of sp³-hybridized carbons (Fsp3) is 0.667. The second kappa shape index (κ2) is 7.32. The first kappa shape index (κ1) is 18.4. The van der Waals surface area contributed by atoms with Crippen molar-refractivity contribution in [3.63, 3.8) is 0 Å². The van der Waals surface area contributed by atoms with E-state index < -0.39 is 10.0 Å². The van der Waals surface area contributed by atoms with Crippen LogP contribution in [0.3, 0.4) is 0 Å². The van der Waals surface area contributed by atoms with E-state index in [9.17, 15) is 13.5 Å². The van der Waals surface area contributed by atoms with E-state index in [0.29, 0.717) is 19.5 Å². The maximum Gasteiger partial charge on any atom is 0.214 e. The molecule has 1 fully saturated rings. The molecule has 2 rings (SSSR count). The summed E-state index contributed by atoms with van der Waals surface area (Å²) in [6.45, 7) is 7.15. The average Bonchev–Trinajstić information content (AvgIpc) is 2.52. The number of nitrogens with zero attached hydrogens (tertiary/aromatic N) is 1. The molecule has 1 aromatic carbocycles. The summed E-state index contributed by atoms with van der Waals surface area (Å²) in [5.74, 6) is 0.385. The molecule has 1 aliphatic heterocycles. The van der Waals surface area contributed by atoms with Crippen LogP contribution in [-0.4, -0.2) is 43.3 Å². The molecule has 0 bridgehead atoms. The lowest BCUT2D eigenvalue weighted by Crippen LogP contribution is -2.45. The van der Waals surface area contributed by atoms with Gasteiger partial charge in [-0.25, -0.2) is 12.7 Å². The van der Waals surface area contributed by atoms with Crippen LogP contribution >= 0.6 is 0 Å². The van der Waals surface area contributed by atoms with E-state index >= 15 is 0 Å². The van der Waals surface area contributed by atoms with Crippen molar-refractivity contribution >= 4 is 10.0 Å². The van der Waals surface area contributed by atoms with E-state index in [1.54, 1.807) is 4.31 Å². The molecule has 0 spiro atoms. The summed E-state index contributed by atoms with van der Waals surface area (Å²) < 4.78 is 26.7. The quantitative estimate of drug-likeness (QED) is 0.897. The van der Waals surface area contributed by atoms with E-state index in [2.05, 4.69) is 32.9 Å². The summed E-state index contributed by atoms with van der Waals surface area (Å²) in [5, 5.41) is 9.74. The maximum atomic E-state index is 12.6. The molecule has 4 nitrogen and oxygen atoms in total. The summed E-state index contributed by atoms with van der Waals surface area (Å²) in [5.41, 5.74) is 1.20. The van der Waals surface area contributed by atoms with Crippen molar-refractivity contribution in [1.29, 1.82) is 0 Å². The molecule has 0 aliphatic carbocycles. The number of aliphatic hydroxyl groups is 1. The largest absolute Gasteiger partial charge is 0.396 e. The number of sulfonamides is 1. The normalized spacial score (nSPS) is 23.8. The van der Waals surface area contributed by atoms with Crippen molar-refractivity contribution in [2.45, 2.75) is 39.5 Å². The molecule has 0 amide bonds. The highest BCUT2D eigenvalue weighted by Crippen LogP contribution is 2.34. The minimum Gasteiger partial charge on any atom is -0.396 e. The first-order chi connectivity index (χ1) is 10.7. The van der Waals surface area contributed by atoms with Crippen LogP contribution in [0.5, 0.6) is 0 Å². The Bertz CT molecular complexity index is 592. The third-order valence-electron chi connectivity index (χ3n) is 4.66. The van der Waals surface area contributed by atoms with E-state index in [-0.39, 0.29) is 29.6 Å². The zero-order valence-electron chi connectivity index (χ0n) is 14.4. The Balaban J connectivity index is 2.06. The van der Waals surface area contributed by atoms with E-state index in [4.69, 9.17) is 0 Å². The van der Waals surface area contributed by atoms with Crippen molar-refractivity contribution in [2.24, 2.45) is 11.3 Å². The summed E-state index contributed by atoms with van der Waals surface area (Å²) in [7, 11) is -3.24. The fourth-order valence-corrected chi connectivity index (χ4v) is 5.07. The number of benzene rings is 1. The standard InChI is InChI=1S/C18H29NO3S/c1-18(2,3)10-12-23(21,22)19-11-9-17(16(13-19)14-20)15-7-5-4-6-8-15/h4-8,16-17,20H,9-14H2,1-3H3/t16-,17+/m1/s1. The maximum absolute atomic E-state index is 12.6. The van der Waals surface area contributed by atoms with Crippen LogP contribution in [0.25, 0.3) is 0 Å². The molecule has 1 aromatic rings. The van der Waals surface area contributed by atoms with Gasteiger partial charge in [0.1, 0.15) is 0 Å². The van der Waals surface area contributed by atoms with Gasteiger partial charge in [0.15, 0.2) is 0 Å². The molecule has 23 heavy (non-hydrogen) atoms. The lowest BCUT2D eigenvalue weighted by atomic mass is 9.82. The Morgan fingerprint density at radius 3 is 2.43 bits per heavy atom. The number of hydrogen-bond donors (Lipinski definition) is 1. The van der Waals surface area contributed by atoms with Crippen LogP contribution in [-0.2, 0) is 10.0 Å². The average molecular weight is 340 g/mol. The van der Waals surface area contributed by atoms with Crippen LogP contribution in [0.15, 0.2) is 30.3 Å². The van der Waals surface area contributed by atoms with Gasteiger partial charge in [0.05, 0.1) is 5.75 Å². The smallest absolute Gasteiger partial charge is 0.214 e. The molecule has 0 radical (unpaired) electrons. The highest BCUT2D eigenvalue weighted by molar-refractivity contribution is 7.89. The van der Waals surface area contributed by atoms with Crippen LogP contribution < -0.4 is 0 Å². The topological polar surface area (TPSA) is 57.6 Å². The second-order valence-electron chi connectivity index (χ2n) is 7.73. The van der Waals surface area contributed by atoms with Gasteiger partial charge in [-0.2, -0.15) is 0 Å².